The van der Waals surface area contributed by atoms with Gasteiger partial charge in [0.15, 0.2) is 6.61 Å². The lowest BCUT2D eigenvalue weighted by Crippen LogP contribution is -2.10. The van der Waals surface area contributed by atoms with Gasteiger partial charge < -0.3 is 14.6 Å². The first kappa shape index (κ1) is 12.8. The quantitative estimate of drug-likeness (QED) is 0.597. The van der Waals surface area contributed by atoms with Gasteiger partial charge in [0.1, 0.15) is 0 Å². The van der Waals surface area contributed by atoms with E-state index in [9.17, 15) is 14.9 Å². The molecule has 92 valence electrons. The molecule has 7 nitrogen and oxygen atoms in total. The van der Waals surface area contributed by atoms with Crippen molar-refractivity contribution in [3.05, 3.63) is 28.3 Å². The molecule has 1 aromatic rings. The summed E-state index contributed by atoms with van der Waals surface area (Å²) in [6.07, 6.45) is 0. The van der Waals surface area contributed by atoms with E-state index >= 15 is 0 Å². The highest BCUT2D eigenvalue weighted by Crippen LogP contribution is 2.36. The van der Waals surface area contributed by atoms with Crippen LogP contribution in [0.25, 0.3) is 0 Å². The van der Waals surface area contributed by atoms with Crippen molar-refractivity contribution in [1.82, 2.24) is 0 Å². The minimum Gasteiger partial charge on any atom is -0.487 e. The van der Waals surface area contributed by atoms with E-state index in [1.54, 1.807) is 6.92 Å². The Morgan fingerprint density at radius 2 is 2.00 bits per heavy atom. The molecule has 0 aliphatic heterocycles. The number of hydrogen-bond acceptors (Lipinski definition) is 5. The fourth-order valence-corrected chi connectivity index (χ4v) is 1.21. The van der Waals surface area contributed by atoms with Crippen molar-refractivity contribution in [2.75, 3.05) is 13.2 Å². The standard InChI is InChI=1S/C10H11NO6/c1-2-16-7-4-3-5-8(10(7)11(14)15)17-6-9(12)13/h3-5H,2,6H2,1H3,(H,12,13). The van der Waals surface area contributed by atoms with E-state index < -0.39 is 17.5 Å². The molecule has 1 N–H and O–H groups in total. The number of nitro benzene ring substituents is 1. The number of rotatable bonds is 6. The summed E-state index contributed by atoms with van der Waals surface area (Å²) in [5.41, 5.74) is -0.365. The maximum absolute atomic E-state index is 10.9. The number of hydrogen-bond donors (Lipinski definition) is 1. The second kappa shape index (κ2) is 5.69. The van der Waals surface area contributed by atoms with Gasteiger partial charge in [-0.2, -0.15) is 0 Å². The number of carbonyl (C=O) groups is 1. The molecule has 0 aliphatic rings. The molecule has 0 saturated carbocycles. The van der Waals surface area contributed by atoms with Crippen LogP contribution in [0.1, 0.15) is 6.92 Å². The molecule has 0 radical (unpaired) electrons. The molecule has 0 spiro atoms. The Kier molecular flexibility index (Phi) is 4.27. The van der Waals surface area contributed by atoms with Crippen LogP contribution in [0.2, 0.25) is 0 Å². The van der Waals surface area contributed by atoms with Crippen molar-refractivity contribution in [2.45, 2.75) is 6.92 Å². The van der Waals surface area contributed by atoms with Crippen molar-refractivity contribution in [2.24, 2.45) is 0 Å². The summed E-state index contributed by atoms with van der Waals surface area (Å²) in [5, 5.41) is 19.3. The normalized spacial score (nSPS) is 9.71. The third-order valence-electron chi connectivity index (χ3n) is 1.80. The Balaban J connectivity index is 3.06. The average Bonchev–Trinajstić information content (AvgIpc) is 2.26. The molecular formula is C10H11NO6. The summed E-state index contributed by atoms with van der Waals surface area (Å²) in [5.74, 6) is -1.27. The fourth-order valence-electron chi connectivity index (χ4n) is 1.21. The smallest absolute Gasteiger partial charge is 0.352 e. The molecule has 0 atom stereocenters. The first-order chi connectivity index (χ1) is 8.06. The first-order valence-corrected chi connectivity index (χ1v) is 4.81. The summed E-state index contributed by atoms with van der Waals surface area (Å²) in [4.78, 5) is 20.5. The number of para-hydroxylation sites is 1. The first-order valence-electron chi connectivity index (χ1n) is 4.81. The predicted octanol–water partition coefficient (Wildman–Crippen LogP) is 1.46. The van der Waals surface area contributed by atoms with Crippen LogP contribution in [-0.4, -0.2) is 29.2 Å². The Bertz CT molecular complexity index is 431. The summed E-state index contributed by atoms with van der Waals surface area (Å²) in [6.45, 7) is 1.31. The van der Waals surface area contributed by atoms with E-state index in [0.29, 0.717) is 0 Å². The van der Waals surface area contributed by atoms with Crippen LogP contribution in [0.3, 0.4) is 0 Å². The van der Waals surface area contributed by atoms with Crippen molar-refractivity contribution in [3.8, 4) is 11.5 Å². The van der Waals surface area contributed by atoms with Gasteiger partial charge in [-0.15, -0.1) is 0 Å². The maximum atomic E-state index is 10.9. The van der Waals surface area contributed by atoms with Crippen LogP contribution in [0.4, 0.5) is 5.69 Å². The van der Waals surface area contributed by atoms with Crippen molar-refractivity contribution >= 4 is 11.7 Å². The lowest BCUT2D eigenvalue weighted by molar-refractivity contribution is -0.386. The molecule has 0 aromatic heterocycles. The molecule has 0 aliphatic carbocycles. The number of ether oxygens (including phenoxy) is 2. The van der Waals surface area contributed by atoms with Gasteiger partial charge in [0.25, 0.3) is 0 Å². The van der Waals surface area contributed by atoms with Crippen LogP contribution in [0, 0.1) is 10.1 Å². The van der Waals surface area contributed by atoms with Crippen molar-refractivity contribution in [1.29, 1.82) is 0 Å². The average molecular weight is 241 g/mol. The largest absolute Gasteiger partial charge is 0.487 e. The third-order valence-corrected chi connectivity index (χ3v) is 1.80. The summed E-state index contributed by atoms with van der Waals surface area (Å²) < 4.78 is 9.90. The lowest BCUT2D eigenvalue weighted by Gasteiger charge is -2.08. The van der Waals surface area contributed by atoms with E-state index in [2.05, 4.69) is 0 Å². The lowest BCUT2D eigenvalue weighted by atomic mass is 10.2. The van der Waals surface area contributed by atoms with Gasteiger partial charge in [-0.3, -0.25) is 10.1 Å². The highest BCUT2D eigenvalue weighted by atomic mass is 16.6. The van der Waals surface area contributed by atoms with E-state index in [0.717, 1.165) is 0 Å². The highest BCUT2D eigenvalue weighted by Gasteiger charge is 2.22. The van der Waals surface area contributed by atoms with Gasteiger partial charge >= 0.3 is 11.7 Å². The van der Waals surface area contributed by atoms with Crippen LogP contribution in [-0.2, 0) is 4.79 Å². The molecule has 0 unspecified atom stereocenters. The Hall–Kier alpha value is -2.31. The number of carboxylic acid groups (broad SMARTS) is 1. The van der Waals surface area contributed by atoms with Crippen LogP contribution >= 0.6 is 0 Å². The van der Waals surface area contributed by atoms with E-state index in [-0.39, 0.29) is 23.8 Å². The van der Waals surface area contributed by atoms with E-state index in [1.165, 1.54) is 18.2 Å². The molecule has 1 rings (SSSR count). The minimum absolute atomic E-state index is 0.0559. The number of benzene rings is 1. The number of aliphatic carboxylic acids is 1. The minimum atomic E-state index is -1.21. The Morgan fingerprint density at radius 3 is 2.47 bits per heavy atom. The Labute approximate surface area is 96.7 Å². The van der Waals surface area contributed by atoms with Gasteiger partial charge in [-0.25, -0.2) is 4.79 Å². The SMILES string of the molecule is CCOc1cccc(OCC(=O)O)c1[N+](=O)[O-]. The van der Waals surface area contributed by atoms with E-state index in [4.69, 9.17) is 14.6 Å². The number of carboxylic acids is 1. The van der Waals surface area contributed by atoms with Crippen molar-refractivity contribution < 1.29 is 24.3 Å². The summed E-state index contributed by atoms with van der Waals surface area (Å²) >= 11 is 0. The third kappa shape index (κ3) is 3.33. The Morgan fingerprint density at radius 1 is 1.41 bits per heavy atom. The fraction of sp³-hybridized carbons (Fsp3) is 0.300. The topological polar surface area (TPSA) is 98.9 Å². The molecule has 0 saturated heterocycles. The molecule has 0 amide bonds. The molecule has 17 heavy (non-hydrogen) atoms. The molecule has 0 bridgehead atoms. The molecule has 0 fully saturated rings. The summed E-state index contributed by atoms with van der Waals surface area (Å²) in [6, 6.07) is 4.24. The number of nitrogens with zero attached hydrogens (tertiary/aromatic N) is 1. The summed E-state index contributed by atoms with van der Waals surface area (Å²) in [7, 11) is 0. The van der Waals surface area contributed by atoms with Gasteiger partial charge in [-0.05, 0) is 19.1 Å². The van der Waals surface area contributed by atoms with E-state index in [1.807, 2.05) is 0 Å². The van der Waals surface area contributed by atoms with Crippen LogP contribution in [0.15, 0.2) is 18.2 Å². The zero-order chi connectivity index (χ0) is 12.8. The van der Waals surface area contributed by atoms with Crippen molar-refractivity contribution in [3.63, 3.8) is 0 Å². The molecule has 0 heterocycles. The molecule has 1 aromatic carbocycles. The second-order valence-electron chi connectivity index (χ2n) is 2.98. The van der Waals surface area contributed by atoms with Gasteiger partial charge in [0, 0.05) is 0 Å². The predicted molar refractivity (Wildman–Crippen MR) is 57.4 cm³/mol. The number of nitro groups is 1. The van der Waals surface area contributed by atoms with Crippen LogP contribution in [0.5, 0.6) is 11.5 Å². The monoisotopic (exact) mass is 241 g/mol. The van der Waals surface area contributed by atoms with Gasteiger partial charge in [0.05, 0.1) is 11.5 Å². The zero-order valence-corrected chi connectivity index (χ0v) is 9.08. The second-order valence-corrected chi connectivity index (χ2v) is 2.98. The molecular weight excluding hydrogens is 230 g/mol. The van der Waals surface area contributed by atoms with Gasteiger partial charge in [-0.1, -0.05) is 6.07 Å². The maximum Gasteiger partial charge on any atom is 0.352 e. The highest BCUT2D eigenvalue weighted by molar-refractivity contribution is 5.69. The van der Waals surface area contributed by atoms with Crippen LogP contribution < -0.4 is 9.47 Å². The molecule has 7 heteroatoms. The van der Waals surface area contributed by atoms with Gasteiger partial charge in [0.2, 0.25) is 11.5 Å². The zero-order valence-electron chi connectivity index (χ0n) is 9.08.